The van der Waals surface area contributed by atoms with E-state index in [1.54, 1.807) is 12.1 Å². The molecule has 6 nitrogen and oxygen atoms in total. The molecule has 3 aromatic rings. The highest BCUT2D eigenvalue weighted by Gasteiger charge is 2.15. The van der Waals surface area contributed by atoms with Crippen molar-refractivity contribution in [2.45, 2.75) is 32.2 Å². The Morgan fingerprint density at radius 2 is 2.07 bits per heavy atom. The number of aryl methyl sites for hydroxylation is 1. The van der Waals surface area contributed by atoms with Gasteiger partial charge in [0.05, 0.1) is 16.5 Å². The van der Waals surface area contributed by atoms with Gasteiger partial charge < -0.3 is 14.6 Å². The number of benzene rings is 2. The summed E-state index contributed by atoms with van der Waals surface area (Å²) in [6, 6.07) is 13.1. The highest BCUT2D eigenvalue weighted by Crippen LogP contribution is 2.26. The average molecular weight is 496 g/mol. The zero-order chi connectivity index (χ0) is 20.8. The van der Waals surface area contributed by atoms with Crippen molar-refractivity contribution in [2.24, 2.45) is 0 Å². The third kappa shape index (κ3) is 5.74. The standard InChI is InChI=1S/C20H20BrClN4O2S/c1-3-26-18(11-28-17-7-5-4-6-13(17)2)24-25-20(26)29-12-19(27)23-16-9-8-14(21)10-15(16)22/h4-10H,3,11-12H2,1-2H3,(H,23,27). The molecular weight excluding hydrogens is 476 g/mol. The van der Waals surface area contributed by atoms with Gasteiger partial charge in [0.15, 0.2) is 11.0 Å². The summed E-state index contributed by atoms with van der Waals surface area (Å²) in [5, 5.41) is 12.4. The number of hydrogen-bond acceptors (Lipinski definition) is 5. The number of nitrogens with one attached hydrogen (secondary N) is 1. The van der Waals surface area contributed by atoms with Crippen LogP contribution in [-0.4, -0.2) is 26.4 Å². The Balaban J connectivity index is 1.59. The molecule has 0 saturated heterocycles. The van der Waals surface area contributed by atoms with Gasteiger partial charge >= 0.3 is 0 Å². The number of halogens is 2. The van der Waals surface area contributed by atoms with E-state index in [-0.39, 0.29) is 11.7 Å². The molecule has 1 amide bonds. The summed E-state index contributed by atoms with van der Waals surface area (Å²) in [7, 11) is 0. The van der Waals surface area contributed by atoms with Crippen LogP contribution in [0, 0.1) is 6.92 Å². The third-order valence-electron chi connectivity index (χ3n) is 4.10. The molecule has 1 N–H and O–H groups in total. The first kappa shape index (κ1) is 21.7. The lowest BCUT2D eigenvalue weighted by atomic mass is 10.2. The lowest BCUT2D eigenvalue weighted by molar-refractivity contribution is -0.113. The Labute approximate surface area is 187 Å². The van der Waals surface area contributed by atoms with Gasteiger partial charge in [-0.15, -0.1) is 10.2 Å². The second-order valence-electron chi connectivity index (χ2n) is 6.16. The zero-order valence-corrected chi connectivity index (χ0v) is 19.1. The molecule has 152 valence electrons. The van der Waals surface area contributed by atoms with Crippen LogP contribution in [0.25, 0.3) is 0 Å². The maximum Gasteiger partial charge on any atom is 0.234 e. The van der Waals surface area contributed by atoms with E-state index in [4.69, 9.17) is 16.3 Å². The van der Waals surface area contributed by atoms with Crippen molar-refractivity contribution in [3.05, 3.63) is 63.3 Å². The molecule has 2 aromatic carbocycles. The number of rotatable bonds is 8. The summed E-state index contributed by atoms with van der Waals surface area (Å²) in [6.45, 7) is 5.00. The number of nitrogens with zero attached hydrogens (tertiary/aromatic N) is 3. The Morgan fingerprint density at radius 1 is 1.28 bits per heavy atom. The monoisotopic (exact) mass is 494 g/mol. The first-order valence-electron chi connectivity index (χ1n) is 8.96. The quantitative estimate of drug-likeness (QED) is 0.428. The first-order chi connectivity index (χ1) is 14.0. The van der Waals surface area contributed by atoms with Crippen LogP contribution >= 0.6 is 39.3 Å². The van der Waals surface area contributed by atoms with Crippen LogP contribution in [-0.2, 0) is 17.9 Å². The van der Waals surface area contributed by atoms with Gasteiger partial charge in [0, 0.05) is 11.0 Å². The molecule has 3 rings (SSSR count). The van der Waals surface area contributed by atoms with E-state index in [0.29, 0.717) is 29.0 Å². The minimum atomic E-state index is -0.164. The van der Waals surface area contributed by atoms with E-state index in [1.807, 2.05) is 48.7 Å². The molecule has 0 unspecified atom stereocenters. The van der Waals surface area contributed by atoms with Crippen LogP contribution in [0.2, 0.25) is 5.02 Å². The van der Waals surface area contributed by atoms with E-state index in [1.165, 1.54) is 11.8 Å². The number of carbonyl (C=O) groups is 1. The summed E-state index contributed by atoms with van der Waals surface area (Å²) in [6.07, 6.45) is 0. The highest BCUT2D eigenvalue weighted by atomic mass is 79.9. The van der Waals surface area contributed by atoms with Crippen molar-refractivity contribution in [1.29, 1.82) is 0 Å². The number of thioether (sulfide) groups is 1. The Bertz CT molecular complexity index is 1010. The molecule has 0 aliphatic rings. The van der Waals surface area contributed by atoms with E-state index >= 15 is 0 Å². The van der Waals surface area contributed by atoms with Crippen LogP contribution in [0.4, 0.5) is 5.69 Å². The van der Waals surface area contributed by atoms with Gasteiger partial charge in [0.25, 0.3) is 0 Å². The summed E-state index contributed by atoms with van der Waals surface area (Å²) in [4.78, 5) is 12.3. The fourth-order valence-electron chi connectivity index (χ4n) is 2.62. The largest absolute Gasteiger partial charge is 0.485 e. The fraction of sp³-hybridized carbons (Fsp3) is 0.250. The predicted molar refractivity (Wildman–Crippen MR) is 120 cm³/mol. The Morgan fingerprint density at radius 3 is 2.79 bits per heavy atom. The molecule has 0 radical (unpaired) electrons. The number of para-hydroxylation sites is 1. The summed E-state index contributed by atoms with van der Waals surface area (Å²) < 4.78 is 8.68. The Kier molecular flexibility index (Phi) is 7.57. The molecule has 0 saturated carbocycles. The normalized spacial score (nSPS) is 10.8. The second-order valence-corrected chi connectivity index (χ2v) is 8.42. The van der Waals surface area contributed by atoms with Gasteiger partial charge in [-0.1, -0.05) is 57.5 Å². The van der Waals surface area contributed by atoms with Gasteiger partial charge in [0.1, 0.15) is 12.4 Å². The van der Waals surface area contributed by atoms with Crippen LogP contribution in [0.1, 0.15) is 18.3 Å². The van der Waals surface area contributed by atoms with Crippen LogP contribution in [0.15, 0.2) is 52.1 Å². The van der Waals surface area contributed by atoms with Crippen molar-refractivity contribution in [2.75, 3.05) is 11.1 Å². The molecular formula is C20H20BrClN4O2S. The van der Waals surface area contributed by atoms with Crippen molar-refractivity contribution in [3.8, 4) is 5.75 Å². The molecule has 0 aliphatic heterocycles. The molecule has 0 bridgehead atoms. The molecule has 0 atom stereocenters. The van der Waals surface area contributed by atoms with Crippen LogP contribution in [0.5, 0.6) is 5.75 Å². The van der Waals surface area contributed by atoms with E-state index in [9.17, 15) is 4.79 Å². The van der Waals surface area contributed by atoms with Gasteiger partial charge in [-0.25, -0.2) is 0 Å². The molecule has 0 fully saturated rings. The van der Waals surface area contributed by atoms with Crippen molar-refractivity contribution in [3.63, 3.8) is 0 Å². The molecule has 0 aliphatic carbocycles. The van der Waals surface area contributed by atoms with Gasteiger partial charge in [-0.3, -0.25) is 4.79 Å². The zero-order valence-electron chi connectivity index (χ0n) is 16.0. The van der Waals surface area contributed by atoms with E-state index < -0.39 is 0 Å². The van der Waals surface area contributed by atoms with Gasteiger partial charge in [-0.05, 0) is 43.7 Å². The lowest BCUT2D eigenvalue weighted by Crippen LogP contribution is -2.15. The number of hydrogen-bond donors (Lipinski definition) is 1. The number of aromatic nitrogens is 3. The summed E-state index contributed by atoms with van der Waals surface area (Å²) >= 11 is 10.8. The topological polar surface area (TPSA) is 69.0 Å². The first-order valence-corrected chi connectivity index (χ1v) is 11.1. The minimum absolute atomic E-state index is 0.164. The average Bonchev–Trinajstić information content (AvgIpc) is 3.10. The minimum Gasteiger partial charge on any atom is -0.485 e. The second kappa shape index (κ2) is 10.1. The number of carbonyl (C=O) groups excluding carboxylic acids is 1. The molecule has 1 heterocycles. The highest BCUT2D eigenvalue weighted by molar-refractivity contribution is 9.10. The maximum absolute atomic E-state index is 12.3. The number of ether oxygens (including phenoxy) is 1. The fourth-order valence-corrected chi connectivity index (χ4v) is 4.16. The van der Waals surface area contributed by atoms with Crippen LogP contribution < -0.4 is 10.1 Å². The van der Waals surface area contributed by atoms with Gasteiger partial charge in [-0.2, -0.15) is 0 Å². The number of amides is 1. The summed E-state index contributed by atoms with van der Waals surface area (Å²) in [5.41, 5.74) is 1.64. The molecule has 0 spiro atoms. The predicted octanol–water partition coefficient (Wildman–Crippen LogP) is 5.33. The molecule has 29 heavy (non-hydrogen) atoms. The molecule has 1 aromatic heterocycles. The van der Waals surface area contributed by atoms with Crippen LogP contribution in [0.3, 0.4) is 0 Å². The van der Waals surface area contributed by atoms with Crippen molar-refractivity contribution < 1.29 is 9.53 Å². The smallest absolute Gasteiger partial charge is 0.234 e. The molecule has 9 heteroatoms. The maximum atomic E-state index is 12.3. The van der Waals surface area contributed by atoms with E-state index in [0.717, 1.165) is 21.6 Å². The van der Waals surface area contributed by atoms with E-state index in [2.05, 4.69) is 31.4 Å². The summed E-state index contributed by atoms with van der Waals surface area (Å²) in [5.74, 6) is 1.57. The number of anilines is 1. The van der Waals surface area contributed by atoms with Gasteiger partial charge in [0.2, 0.25) is 5.91 Å². The Hall–Kier alpha value is -2.03. The lowest BCUT2D eigenvalue weighted by Gasteiger charge is -2.10. The van der Waals surface area contributed by atoms with Crippen molar-refractivity contribution >= 4 is 50.9 Å². The third-order valence-corrected chi connectivity index (χ3v) is 5.87. The van der Waals surface area contributed by atoms with Crippen molar-refractivity contribution in [1.82, 2.24) is 14.8 Å². The SMILES string of the molecule is CCn1c(COc2ccccc2C)nnc1SCC(=O)Nc1ccc(Br)cc1Cl.